The van der Waals surface area contributed by atoms with E-state index in [2.05, 4.69) is 26.8 Å². The molecule has 0 aromatic carbocycles. The molecular weight excluding hydrogens is 352 g/mol. The molecule has 3 fully saturated rings. The number of rotatable bonds is 4. The zero-order chi connectivity index (χ0) is 20.3. The zero-order valence-corrected chi connectivity index (χ0v) is 17.7. The third kappa shape index (κ3) is 2.98. The Kier molecular flexibility index (Phi) is 5.19. The minimum Gasteiger partial charge on any atom is -0.481 e. The second kappa shape index (κ2) is 7.12. The summed E-state index contributed by atoms with van der Waals surface area (Å²) < 4.78 is 0. The van der Waals surface area contributed by atoms with E-state index in [0.29, 0.717) is 36.0 Å². The molecule has 3 N–H and O–H groups in total. The normalized spacial score (nSPS) is 48.8. The van der Waals surface area contributed by atoms with Crippen LogP contribution in [0.1, 0.15) is 78.6 Å². The summed E-state index contributed by atoms with van der Waals surface area (Å²) in [6.07, 6.45) is 9.97. The van der Waals surface area contributed by atoms with Crippen molar-refractivity contribution in [2.75, 3.05) is 0 Å². The largest absolute Gasteiger partial charge is 0.481 e. The predicted octanol–water partition coefficient (Wildman–Crippen LogP) is 4.40. The third-order valence-electron chi connectivity index (χ3n) is 9.72. The summed E-state index contributed by atoms with van der Waals surface area (Å²) in [4.78, 5) is 11.0. The molecule has 0 aromatic rings. The number of carbonyl (C=O) groups is 1. The maximum atomic E-state index is 11.4. The van der Waals surface area contributed by atoms with Crippen LogP contribution in [-0.4, -0.2) is 33.5 Å². The smallest absolute Gasteiger partial charge is 0.303 e. The van der Waals surface area contributed by atoms with Gasteiger partial charge in [-0.25, -0.2) is 0 Å². The summed E-state index contributed by atoms with van der Waals surface area (Å²) in [6, 6.07) is 0. The fourth-order valence-corrected chi connectivity index (χ4v) is 7.96. The SMILES string of the molecule is C[C@H](CCC(=O)O)[C@H]1CC=C2[C@@H]3CC[C@@H]4C[C@H](O)CC[C@]4(C)[C@H]3C[C@H](O)[C@@]21C. The van der Waals surface area contributed by atoms with Crippen molar-refractivity contribution in [1.29, 1.82) is 0 Å². The first-order valence-electron chi connectivity index (χ1n) is 11.5. The summed E-state index contributed by atoms with van der Waals surface area (Å²) in [5.41, 5.74) is 1.52. The highest BCUT2D eigenvalue weighted by Gasteiger charge is 2.61. The Bertz CT molecular complexity index is 657. The molecule has 4 aliphatic carbocycles. The predicted molar refractivity (Wildman–Crippen MR) is 109 cm³/mol. The monoisotopic (exact) mass is 390 g/mol. The standard InChI is InChI=1S/C24H38O4/c1-14(4-9-22(27)28)18-7-8-19-17-6-5-15-12-16(25)10-11-23(15,2)20(17)13-21(26)24(18,19)3/h8,14-18,20-21,25-26H,4-7,9-13H2,1-3H3,(H,27,28)/t14-,15-,16-,17+,18-,20+,21+,23+,24-/m1/s1. The Morgan fingerprint density at radius 1 is 1.21 bits per heavy atom. The van der Waals surface area contributed by atoms with E-state index < -0.39 is 5.97 Å². The van der Waals surface area contributed by atoms with Crippen LogP contribution in [0.2, 0.25) is 0 Å². The van der Waals surface area contributed by atoms with Gasteiger partial charge in [0, 0.05) is 11.8 Å². The first-order valence-corrected chi connectivity index (χ1v) is 11.5. The van der Waals surface area contributed by atoms with Gasteiger partial charge in [0.05, 0.1) is 12.2 Å². The minimum absolute atomic E-state index is 0.140. The number of hydrogen-bond acceptors (Lipinski definition) is 3. The van der Waals surface area contributed by atoms with Gasteiger partial charge in [0.15, 0.2) is 0 Å². The van der Waals surface area contributed by atoms with Crippen molar-refractivity contribution >= 4 is 5.97 Å². The summed E-state index contributed by atoms with van der Waals surface area (Å²) in [7, 11) is 0. The van der Waals surface area contributed by atoms with Gasteiger partial charge in [-0.15, -0.1) is 0 Å². The average molecular weight is 391 g/mol. The van der Waals surface area contributed by atoms with Gasteiger partial charge >= 0.3 is 5.97 Å². The average Bonchev–Trinajstić information content (AvgIpc) is 3.00. The maximum Gasteiger partial charge on any atom is 0.303 e. The van der Waals surface area contributed by atoms with E-state index in [-0.39, 0.29) is 29.5 Å². The number of aliphatic carboxylic acids is 1. The Labute approximate surface area is 169 Å². The van der Waals surface area contributed by atoms with Crippen LogP contribution in [0.15, 0.2) is 11.6 Å². The lowest BCUT2D eigenvalue weighted by Crippen LogP contribution is -2.56. The van der Waals surface area contributed by atoms with Crippen LogP contribution in [0.25, 0.3) is 0 Å². The van der Waals surface area contributed by atoms with Crippen molar-refractivity contribution in [1.82, 2.24) is 0 Å². The molecule has 4 aliphatic rings. The van der Waals surface area contributed by atoms with Crippen molar-refractivity contribution < 1.29 is 20.1 Å². The van der Waals surface area contributed by atoms with E-state index in [0.717, 1.165) is 32.1 Å². The van der Waals surface area contributed by atoms with Crippen LogP contribution in [0.5, 0.6) is 0 Å². The number of carboxylic acids is 1. The van der Waals surface area contributed by atoms with Crippen LogP contribution in [0.4, 0.5) is 0 Å². The molecule has 3 saturated carbocycles. The van der Waals surface area contributed by atoms with Crippen LogP contribution in [-0.2, 0) is 4.79 Å². The lowest BCUT2D eigenvalue weighted by molar-refractivity contribution is -0.138. The fraction of sp³-hybridized carbons (Fsp3) is 0.875. The number of aliphatic hydroxyl groups is 2. The van der Waals surface area contributed by atoms with Crippen LogP contribution >= 0.6 is 0 Å². The van der Waals surface area contributed by atoms with Crippen LogP contribution < -0.4 is 0 Å². The number of aliphatic hydroxyl groups excluding tert-OH is 2. The van der Waals surface area contributed by atoms with Gasteiger partial charge in [-0.1, -0.05) is 32.4 Å². The van der Waals surface area contributed by atoms with Gasteiger partial charge in [-0.3, -0.25) is 4.79 Å². The highest BCUT2D eigenvalue weighted by atomic mass is 16.4. The molecule has 4 nitrogen and oxygen atoms in total. The van der Waals surface area contributed by atoms with E-state index in [1.54, 1.807) is 0 Å². The molecule has 0 bridgehead atoms. The second-order valence-corrected chi connectivity index (χ2v) is 10.9. The molecule has 9 atom stereocenters. The Balaban J connectivity index is 1.58. The maximum absolute atomic E-state index is 11.4. The van der Waals surface area contributed by atoms with Gasteiger partial charge in [-0.2, -0.15) is 0 Å². The van der Waals surface area contributed by atoms with Crippen LogP contribution in [0, 0.1) is 40.4 Å². The molecule has 28 heavy (non-hydrogen) atoms. The lowest BCUT2D eigenvalue weighted by Gasteiger charge is -2.61. The van der Waals surface area contributed by atoms with Gasteiger partial charge in [0.1, 0.15) is 0 Å². The van der Waals surface area contributed by atoms with Crippen molar-refractivity contribution in [3.05, 3.63) is 11.6 Å². The Hall–Kier alpha value is -0.870. The van der Waals surface area contributed by atoms with E-state index >= 15 is 0 Å². The van der Waals surface area contributed by atoms with Gasteiger partial charge in [-0.05, 0) is 86.4 Å². The summed E-state index contributed by atoms with van der Waals surface area (Å²) in [5.74, 6) is 1.58. The van der Waals surface area contributed by atoms with E-state index in [9.17, 15) is 15.0 Å². The molecule has 158 valence electrons. The highest BCUT2D eigenvalue weighted by Crippen LogP contribution is 2.66. The Morgan fingerprint density at radius 3 is 2.68 bits per heavy atom. The topological polar surface area (TPSA) is 77.8 Å². The molecule has 0 heterocycles. The molecular formula is C24H38O4. The summed E-state index contributed by atoms with van der Waals surface area (Å²) in [6.45, 7) is 6.86. The zero-order valence-electron chi connectivity index (χ0n) is 17.7. The first-order chi connectivity index (χ1) is 13.2. The molecule has 0 unspecified atom stereocenters. The number of hydrogen-bond donors (Lipinski definition) is 3. The second-order valence-electron chi connectivity index (χ2n) is 10.9. The number of allylic oxidation sites excluding steroid dienone is 1. The van der Waals surface area contributed by atoms with Crippen molar-refractivity contribution in [2.45, 2.75) is 90.8 Å². The van der Waals surface area contributed by atoms with Gasteiger partial charge in [0.2, 0.25) is 0 Å². The molecule has 0 spiro atoms. The lowest BCUT2D eigenvalue weighted by atomic mass is 9.45. The van der Waals surface area contributed by atoms with Crippen molar-refractivity contribution in [3.8, 4) is 0 Å². The van der Waals surface area contributed by atoms with Crippen molar-refractivity contribution in [2.24, 2.45) is 40.4 Å². The highest BCUT2D eigenvalue weighted by molar-refractivity contribution is 5.66. The van der Waals surface area contributed by atoms with Gasteiger partial charge < -0.3 is 15.3 Å². The number of fused-ring (bicyclic) bond motifs is 5. The third-order valence-corrected chi connectivity index (χ3v) is 9.72. The molecule has 0 amide bonds. The molecule has 0 radical (unpaired) electrons. The summed E-state index contributed by atoms with van der Waals surface area (Å²) >= 11 is 0. The van der Waals surface area contributed by atoms with Gasteiger partial charge in [0.25, 0.3) is 0 Å². The molecule has 4 rings (SSSR count). The van der Waals surface area contributed by atoms with E-state index in [4.69, 9.17) is 5.11 Å². The van der Waals surface area contributed by atoms with E-state index in [1.165, 1.54) is 18.4 Å². The molecule has 4 heteroatoms. The van der Waals surface area contributed by atoms with E-state index in [1.807, 2.05) is 0 Å². The van der Waals surface area contributed by atoms with Crippen molar-refractivity contribution in [3.63, 3.8) is 0 Å². The fourth-order valence-electron chi connectivity index (χ4n) is 7.96. The summed E-state index contributed by atoms with van der Waals surface area (Å²) in [5, 5.41) is 30.7. The minimum atomic E-state index is -0.724. The first kappa shape index (κ1) is 20.4. The quantitative estimate of drug-likeness (QED) is 0.622. The number of carboxylic acid groups (broad SMARTS) is 1. The molecule has 0 saturated heterocycles. The Morgan fingerprint density at radius 2 is 1.96 bits per heavy atom. The molecule has 0 aliphatic heterocycles. The van der Waals surface area contributed by atoms with Crippen LogP contribution in [0.3, 0.4) is 0 Å². The molecule has 0 aromatic heterocycles.